The van der Waals surface area contributed by atoms with E-state index in [-0.39, 0.29) is 35.5 Å². The van der Waals surface area contributed by atoms with E-state index in [0.29, 0.717) is 11.4 Å². The van der Waals surface area contributed by atoms with Gasteiger partial charge in [0.1, 0.15) is 27.8 Å². The van der Waals surface area contributed by atoms with Crippen LogP contribution in [-0.2, 0) is 15.4 Å². The van der Waals surface area contributed by atoms with Gasteiger partial charge in [0, 0.05) is 11.8 Å². The number of amides is 1. The van der Waals surface area contributed by atoms with Crippen LogP contribution in [0.2, 0.25) is 5.02 Å². The maximum absolute atomic E-state index is 14.9. The van der Waals surface area contributed by atoms with Gasteiger partial charge in [-0.1, -0.05) is 17.7 Å². The van der Waals surface area contributed by atoms with Crippen molar-refractivity contribution in [1.29, 1.82) is 0 Å². The van der Waals surface area contributed by atoms with E-state index in [0.717, 1.165) is 12.1 Å². The summed E-state index contributed by atoms with van der Waals surface area (Å²) < 4.78 is 54.6. The molecule has 0 saturated heterocycles. The van der Waals surface area contributed by atoms with E-state index < -0.39 is 43.6 Å². The zero-order valence-electron chi connectivity index (χ0n) is 17.5. The minimum atomic E-state index is -3.87. The Morgan fingerprint density at radius 1 is 1.27 bits per heavy atom. The minimum Gasteiger partial charge on any atom is -0.465 e. The summed E-state index contributed by atoms with van der Waals surface area (Å²) >= 11 is 5.77. The molecule has 1 fully saturated rings. The van der Waals surface area contributed by atoms with Gasteiger partial charge in [-0.15, -0.1) is 0 Å². The number of aliphatic imine (C=N–C) groups is 1. The smallest absolute Gasteiger partial charge is 0.410 e. The zero-order chi connectivity index (χ0) is 24.0. The second kappa shape index (κ2) is 8.18. The fraction of sp³-hybridized carbons (Fsp3) is 0.318. The molecule has 11 heteroatoms. The standard InChI is InChI=1S/C22H20ClF2N3O4S/c1-21(12-33(31,32)22(7-2-8-22)19(28-21)27-20(29)30)15-9-13(3-5-16(15)24)10-17(25)18-6-4-14(23)11-26-18/h3-6,9-11H,2,7-8,12H2,1H3,(H,27,28)(H,29,30)/b17-10-. The molecular weight excluding hydrogens is 476 g/mol. The number of nitrogens with one attached hydrogen (secondary N) is 1. The topological polar surface area (TPSA) is 109 Å². The number of benzene rings is 1. The van der Waals surface area contributed by atoms with Crippen LogP contribution in [0.4, 0.5) is 13.6 Å². The van der Waals surface area contributed by atoms with Crippen LogP contribution in [0.15, 0.2) is 41.5 Å². The maximum atomic E-state index is 14.9. The van der Waals surface area contributed by atoms with E-state index in [1.807, 2.05) is 0 Å². The molecule has 1 aromatic carbocycles. The number of sulfone groups is 1. The van der Waals surface area contributed by atoms with Crippen molar-refractivity contribution in [1.82, 2.24) is 10.3 Å². The Labute approximate surface area is 194 Å². The summed E-state index contributed by atoms with van der Waals surface area (Å²) in [6, 6.07) is 6.60. The Morgan fingerprint density at radius 3 is 2.58 bits per heavy atom. The number of hydrogen-bond donors (Lipinski definition) is 2. The fourth-order valence-corrected chi connectivity index (χ4v) is 6.90. The number of pyridine rings is 1. The van der Waals surface area contributed by atoms with Gasteiger partial charge in [0.25, 0.3) is 0 Å². The Balaban J connectivity index is 1.79. The van der Waals surface area contributed by atoms with E-state index in [2.05, 4.69) is 15.3 Å². The van der Waals surface area contributed by atoms with Crippen LogP contribution in [0.1, 0.15) is 43.0 Å². The zero-order valence-corrected chi connectivity index (χ0v) is 19.1. The Kier molecular flexibility index (Phi) is 5.78. The van der Waals surface area contributed by atoms with Crippen molar-refractivity contribution in [2.45, 2.75) is 36.5 Å². The SMILES string of the molecule is CC1(c2cc(/C=C(\F)c3ccc(Cl)cn3)ccc2F)CS(=O)(=O)C2(CCC2)C(NC(=O)O)=N1. The first-order valence-corrected chi connectivity index (χ1v) is 12.1. The fourth-order valence-electron chi connectivity index (χ4n) is 4.25. The quantitative estimate of drug-likeness (QED) is 0.648. The Hall–Kier alpha value is -2.85. The number of amidine groups is 1. The number of carbonyl (C=O) groups is 1. The van der Waals surface area contributed by atoms with E-state index in [1.54, 1.807) is 0 Å². The molecule has 1 atom stereocenters. The largest absolute Gasteiger partial charge is 0.465 e. The van der Waals surface area contributed by atoms with Crippen LogP contribution in [0.3, 0.4) is 0 Å². The van der Waals surface area contributed by atoms with Crippen molar-refractivity contribution >= 4 is 45.3 Å². The summed E-state index contributed by atoms with van der Waals surface area (Å²) in [6.07, 6.45) is 2.07. The first-order chi connectivity index (χ1) is 15.5. The normalized spacial score (nSPS) is 23.5. The van der Waals surface area contributed by atoms with Gasteiger partial charge in [0.05, 0.1) is 16.5 Å². The molecule has 2 heterocycles. The average molecular weight is 496 g/mol. The van der Waals surface area contributed by atoms with E-state index in [9.17, 15) is 27.1 Å². The van der Waals surface area contributed by atoms with Crippen LogP contribution in [-0.4, -0.2) is 40.9 Å². The molecular formula is C22H20ClF2N3O4S. The maximum Gasteiger partial charge on any atom is 0.410 e. The van der Waals surface area contributed by atoms with E-state index >= 15 is 0 Å². The molecule has 0 bridgehead atoms. The van der Waals surface area contributed by atoms with Crippen molar-refractivity contribution < 1.29 is 27.1 Å². The van der Waals surface area contributed by atoms with Crippen molar-refractivity contribution in [2.75, 3.05) is 5.75 Å². The molecule has 4 rings (SSSR count). The lowest BCUT2D eigenvalue weighted by Gasteiger charge is -2.47. The van der Waals surface area contributed by atoms with Gasteiger partial charge in [-0.05, 0) is 62.1 Å². The van der Waals surface area contributed by atoms with Gasteiger partial charge in [-0.3, -0.25) is 15.3 Å². The summed E-state index contributed by atoms with van der Waals surface area (Å²) in [7, 11) is -3.87. The molecule has 1 spiro atoms. The molecule has 0 radical (unpaired) electrons. The number of carboxylic acid groups (broad SMARTS) is 1. The summed E-state index contributed by atoms with van der Waals surface area (Å²) in [5, 5.41) is 11.7. The lowest BCUT2D eigenvalue weighted by molar-refractivity contribution is 0.199. The molecule has 2 aromatic rings. The monoisotopic (exact) mass is 495 g/mol. The first kappa shape index (κ1) is 23.3. The highest BCUT2D eigenvalue weighted by Gasteiger charge is 2.59. The highest BCUT2D eigenvalue weighted by Crippen LogP contribution is 2.47. The van der Waals surface area contributed by atoms with Gasteiger partial charge in [-0.2, -0.15) is 0 Å². The lowest BCUT2D eigenvalue weighted by atomic mass is 9.81. The van der Waals surface area contributed by atoms with Crippen molar-refractivity contribution in [3.8, 4) is 0 Å². The van der Waals surface area contributed by atoms with Crippen molar-refractivity contribution in [3.05, 3.63) is 64.2 Å². The second-order valence-corrected chi connectivity index (χ2v) is 11.1. The number of hydrogen-bond acceptors (Lipinski definition) is 5. The van der Waals surface area contributed by atoms with Crippen LogP contribution < -0.4 is 5.32 Å². The van der Waals surface area contributed by atoms with Crippen LogP contribution >= 0.6 is 11.6 Å². The molecule has 1 aliphatic heterocycles. The number of nitrogens with zero attached hydrogens (tertiary/aromatic N) is 2. The Morgan fingerprint density at radius 2 is 2.00 bits per heavy atom. The summed E-state index contributed by atoms with van der Waals surface area (Å²) in [5.74, 6) is -2.14. The predicted octanol–water partition coefficient (Wildman–Crippen LogP) is 4.57. The average Bonchev–Trinajstić information content (AvgIpc) is 2.67. The molecule has 1 amide bonds. The first-order valence-electron chi connectivity index (χ1n) is 10.1. The highest BCUT2D eigenvalue weighted by molar-refractivity contribution is 7.93. The van der Waals surface area contributed by atoms with Gasteiger partial charge in [0.15, 0.2) is 9.84 Å². The molecule has 2 N–H and O–H groups in total. The van der Waals surface area contributed by atoms with Gasteiger partial charge in [0.2, 0.25) is 0 Å². The van der Waals surface area contributed by atoms with Crippen LogP contribution in [0.5, 0.6) is 0 Å². The van der Waals surface area contributed by atoms with Gasteiger partial charge < -0.3 is 5.11 Å². The molecule has 2 aliphatic rings. The number of halogens is 3. The van der Waals surface area contributed by atoms with Gasteiger partial charge in [-0.25, -0.2) is 22.0 Å². The van der Waals surface area contributed by atoms with E-state index in [4.69, 9.17) is 11.6 Å². The molecule has 1 unspecified atom stereocenters. The molecule has 1 aromatic heterocycles. The number of aromatic nitrogens is 1. The minimum absolute atomic E-state index is 0.0228. The number of rotatable bonds is 3. The highest BCUT2D eigenvalue weighted by atomic mass is 35.5. The molecule has 1 aliphatic carbocycles. The third kappa shape index (κ3) is 4.13. The van der Waals surface area contributed by atoms with Crippen molar-refractivity contribution in [3.63, 3.8) is 0 Å². The molecule has 33 heavy (non-hydrogen) atoms. The third-order valence-corrected chi connectivity index (χ3v) is 9.04. The summed E-state index contributed by atoms with van der Waals surface area (Å²) in [5.41, 5.74) is -1.42. The molecule has 1 saturated carbocycles. The van der Waals surface area contributed by atoms with E-state index in [1.165, 1.54) is 37.4 Å². The third-order valence-electron chi connectivity index (χ3n) is 6.08. The predicted molar refractivity (Wildman–Crippen MR) is 121 cm³/mol. The summed E-state index contributed by atoms with van der Waals surface area (Å²) in [6.45, 7) is 1.42. The molecule has 7 nitrogen and oxygen atoms in total. The lowest BCUT2D eigenvalue weighted by Crippen LogP contribution is -2.63. The summed E-state index contributed by atoms with van der Waals surface area (Å²) in [4.78, 5) is 19.6. The Bertz CT molecular complexity index is 1290. The molecule has 174 valence electrons. The van der Waals surface area contributed by atoms with Crippen LogP contribution in [0.25, 0.3) is 11.9 Å². The second-order valence-electron chi connectivity index (χ2n) is 8.36. The van der Waals surface area contributed by atoms with Crippen molar-refractivity contribution in [2.24, 2.45) is 4.99 Å². The van der Waals surface area contributed by atoms with Gasteiger partial charge >= 0.3 is 6.09 Å². The van der Waals surface area contributed by atoms with Crippen LogP contribution in [0, 0.1) is 5.82 Å².